The van der Waals surface area contributed by atoms with Gasteiger partial charge in [-0.1, -0.05) is 16.9 Å². The second-order valence-electron chi connectivity index (χ2n) is 4.97. The van der Waals surface area contributed by atoms with Crippen LogP contribution in [0.1, 0.15) is 42.6 Å². The average molecular weight is 303 g/mol. The minimum absolute atomic E-state index is 0.0240. The van der Waals surface area contributed by atoms with Crippen LogP contribution in [0.3, 0.4) is 0 Å². The zero-order chi connectivity index (χ0) is 14.2. The van der Waals surface area contributed by atoms with Crippen LogP contribution in [0, 0.1) is 0 Å². The molecule has 1 atom stereocenters. The van der Waals surface area contributed by atoms with Crippen LogP contribution >= 0.6 is 11.8 Å². The van der Waals surface area contributed by atoms with Crippen LogP contribution < -0.4 is 0 Å². The van der Waals surface area contributed by atoms with Crippen LogP contribution in [0.5, 0.6) is 0 Å². The summed E-state index contributed by atoms with van der Waals surface area (Å²) >= 11 is 1.49. The normalized spacial score (nSPS) is 16.2. The van der Waals surface area contributed by atoms with Gasteiger partial charge in [-0.25, -0.2) is 4.98 Å². The van der Waals surface area contributed by atoms with E-state index >= 15 is 0 Å². The van der Waals surface area contributed by atoms with Crippen molar-refractivity contribution in [1.29, 1.82) is 0 Å². The van der Waals surface area contributed by atoms with Crippen molar-refractivity contribution in [2.24, 2.45) is 0 Å². The summed E-state index contributed by atoms with van der Waals surface area (Å²) in [6.45, 7) is 1.98. The fraction of sp³-hybridized carbons (Fsp3) is 0.385. The number of furan rings is 1. The minimum atomic E-state index is -0.0240. The first-order valence-corrected chi connectivity index (χ1v) is 7.64. The Bertz CT molecular complexity index is 731. The average Bonchev–Trinajstić information content (AvgIpc) is 2.94. The van der Waals surface area contributed by atoms with Crippen LogP contribution in [0.2, 0.25) is 0 Å². The first kappa shape index (κ1) is 12.6. The SMILES string of the molecule is CC(Sc1n[nH]c(C2CC2)n1)c1nc(-c2ccco2)no1. The molecule has 8 heteroatoms. The molecule has 3 heterocycles. The molecule has 3 aromatic rings. The lowest BCUT2D eigenvalue weighted by molar-refractivity contribution is 0.379. The second kappa shape index (κ2) is 5.03. The molecule has 0 spiro atoms. The molecular weight excluding hydrogens is 290 g/mol. The van der Waals surface area contributed by atoms with Gasteiger partial charge in [0.15, 0.2) is 5.76 Å². The van der Waals surface area contributed by atoms with Crippen molar-refractivity contribution in [3.05, 3.63) is 30.1 Å². The fourth-order valence-electron chi connectivity index (χ4n) is 1.96. The zero-order valence-electron chi connectivity index (χ0n) is 11.3. The van der Waals surface area contributed by atoms with Gasteiger partial charge in [-0.3, -0.25) is 5.10 Å². The van der Waals surface area contributed by atoms with Crippen molar-refractivity contribution in [2.45, 2.75) is 36.1 Å². The van der Waals surface area contributed by atoms with E-state index in [1.807, 2.05) is 6.92 Å². The van der Waals surface area contributed by atoms with Crippen molar-refractivity contribution in [1.82, 2.24) is 25.3 Å². The maximum absolute atomic E-state index is 5.28. The highest BCUT2D eigenvalue weighted by molar-refractivity contribution is 7.99. The van der Waals surface area contributed by atoms with Gasteiger partial charge in [-0.15, -0.1) is 5.10 Å². The summed E-state index contributed by atoms with van der Waals surface area (Å²) in [5.41, 5.74) is 0. The summed E-state index contributed by atoms with van der Waals surface area (Å²) in [5, 5.41) is 11.8. The van der Waals surface area contributed by atoms with Crippen molar-refractivity contribution in [2.75, 3.05) is 0 Å². The van der Waals surface area contributed by atoms with Gasteiger partial charge in [0.05, 0.1) is 11.5 Å². The maximum atomic E-state index is 5.28. The number of H-pyrrole nitrogens is 1. The highest BCUT2D eigenvalue weighted by atomic mass is 32.2. The van der Waals surface area contributed by atoms with E-state index in [-0.39, 0.29) is 5.25 Å². The number of thioether (sulfide) groups is 1. The molecule has 0 amide bonds. The molecule has 3 aromatic heterocycles. The molecule has 21 heavy (non-hydrogen) atoms. The monoisotopic (exact) mass is 303 g/mol. The highest BCUT2D eigenvalue weighted by Crippen LogP contribution is 2.39. The molecule has 1 saturated carbocycles. The number of hydrogen-bond acceptors (Lipinski definition) is 7. The topological polar surface area (TPSA) is 93.6 Å². The minimum Gasteiger partial charge on any atom is -0.461 e. The molecule has 7 nitrogen and oxygen atoms in total. The number of rotatable bonds is 5. The molecule has 0 aromatic carbocycles. The fourth-order valence-corrected chi connectivity index (χ4v) is 2.73. The zero-order valence-corrected chi connectivity index (χ0v) is 12.1. The molecule has 1 unspecified atom stereocenters. The van der Waals surface area contributed by atoms with Crippen molar-refractivity contribution < 1.29 is 8.94 Å². The van der Waals surface area contributed by atoms with Gasteiger partial charge in [-0.2, -0.15) is 4.98 Å². The van der Waals surface area contributed by atoms with Crippen LogP contribution in [0.25, 0.3) is 11.6 Å². The van der Waals surface area contributed by atoms with Crippen LogP contribution in [0.4, 0.5) is 0 Å². The van der Waals surface area contributed by atoms with E-state index in [4.69, 9.17) is 8.94 Å². The van der Waals surface area contributed by atoms with Crippen molar-refractivity contribution in [3.63, 3.8) is 0 Å². The van der Waals surface area contributed by atoms with Crippen molar-refractivity contribution in [3.8, 4) is 11.6 Å². The number of hydrogen-bond donors (Lipinski definition) is 1. The third kappa shape index (κ3) is 2.58. The number of aromatic amines is 1. The van der Waals surface area contributed by atoms with Gasteiger partial charge in [0.25, 0.3) is 0 Å². The number of nitrogens with zero attached hydrogens (tertiary/aromatic N) is 4. The number of nitrogens with one attached hydrogen (secondary N) is 1. The lowest BCUT2D eigenvalue weighted by atomic mass is 10.4. The molecule has 108 valence electrons. The molecule has 1 aliphatic carbocycles. The first-order chi connectivity index (χ1) is 10.3. The molecule has 0 saturated heterocycles. The standard InChI is InChI=1S/C13H13N5O2S/c1-7(21-13-15-10(16-17-13)8-4-5-8)12-14-11(18-20-12)9-3-2-6-19-9/h2-3,6-8H,4-5H2,1H3,(H,15,16,17). The Balaban J connectivity index is 1.47. The van der Waals surface area contributed by atoms with E-state index in [0.29, 0.717) is 28.5 Å². The summed E-state index contributed by atoms with van der Waals surface area (Å²) in [6.07, 6.45) is 3.98. The molecule has 1 fully saturated rings. The molecule has 0 bridgehead atoms. The third-order valence-corrected chi connectivity index (χ3v) is 4.21. The Hall–Kier alpha value is -2.09. The molecule has 1 N–H and O–H groups in total. The Labute approximate surface area is 124 Å². The van der Waals surface area contributed by atoms with Crippen LogP contribution in [-0.2, 0) is 0 Å². The van der Waals surface area contributed by atoms with Gasteiger partial charge in [0.1, 0.15) is 5.82 Å². The van der Waals surface area contributed by atoms with E-state index < -0.39 is 0 Å². The summed E-state index contributed by atoms with van der Waals surface area (Å²) in [6, 6.07) is 3.58. The Kier molecular flexibility index (Phi) is 3.03. The van der Waals surface area contributed by atoms with Gasteiger partial charge >= 0.3 is 0 Å². The summed E-state index contributed by atoms with van der Waals surface area (Å²) < 4.78 is 10.5. The molecule has 0 aliphatic heterocycles. The lowest BCUT2D eigenvalue weighted by Crippen LogP contribution is -1.90. The number of aromatic nitrogens is 5. The van der Waals surface area contributed by atoms with E-state index in [9.17, 15) is 0 Å². The summed E-state index contributed by atoms with van der Waals surface area (Å²) in [7, 11) is 0. The summed E-state index contributed by atoms with van der Waals surface area (Å²) in [4.78, 5) is 8.83. The van der Waals surface area contributed by atoms with Gasteiger partial charge < -0.3 is 8.94 Å². The van der Waals surface area contributed by atoms with E-state index in [0.717, 1.165) is 5.82 Å². The second-order valence-corrected chi connectivity index (χ2v) is 6.28. The predicted octanol–water partition coefficient (Wildman–Crippen LogP) is 3.18. The molecule has 4 rings (SSSR count). The summed E-state index contributed by atoms with van der Waals surface area (Å²) in [5.74, 6) is 3.12. The quantitative estimate of drug-likeness (QED) is 0.723. The lowest BCUT2D eigenvalue weighted by Gasteiger charge is -2.00. The Morgan fingerprint density at radius 2 is 2.29 bits per heavy atom. The van der Waals surface area contributed by atoms with E-state index in [2.05, 4.69) is 25.3 Å². The van der Waals surface area contributed by atoms with E-state index in [1.54, 1.807) is 18.4 Å². The Morgan fingerprint density at radius 3 is 3.05 bits per heavy atom. The van der Waals surface area contributed by atoms with Crippen LogP contribution in [-0.4, -0.2) is 25.3 Å². The largest absolute Gasteiger partial charge is 0.461 e. The van der Waals surface area contributed by atoms with E-state index in [1.165, 1.54) is 24.6 Å². The Morgan fingerprint density at radius 1 is 1.38 bits per heavy atom. The van der Waals surface area contributed by atoms with Crippen molar-refractivity contribution >= 4 is 11.8 Å². The predicted molar refractivity (Wildman–Crippen MR) is 74.6 cm³/mol. The van der Waals surface area contributed by atoms with Gasteiger partial charge in [-0.05, 0) is 31.9 Å². The smallest absolute Gasteiger partial charge is 0.240 e. The molecule has 0 radical (unpaired) electrons. The van der Waals surface area contributed by atoms with Gasteiger partial charge in [0.2, 0.25) is 16.9 Å². The molecule has 1 aliphatic rings. The van der Waals surface area contributed by atoms with Gasteiger partial charge in [0, 0.05) is 5.92 Å². The first-order valence-electron chi connectivity index (χ1n) is 6.76. The molecular formula is C13H13N5O2S. The highest BCUT2D eigenvalue weighted by Gasteiger charge is 2.28. The maximum Gasteiger partial charge on any atom is 0.240 e. The third-order valence-electron chi connectivity index (χ3n) is 3.26. The van der Waals surface area contributed by atoms with Crippen LogP contribution in [0.15, 0.2) is 32.5 Å².